The largest absolute Gasteiger partial charge is 0.453 e. The summed E-state index contributed by atoms with van der Waals surface area (Å²) < 4.78 is 6.88. The number of furan rings is 1. The Labute approximate surface area is 161 Å². The normalized spacial score (nSPS) is 16.2. The van der Waals surface area contributed by atoms with Crippen LogP contribution >= 0.6 is 15.9 Å². The van der Waals surface area contributed by atoms with Crippen LogP contribution in [-0.4, -0.2) is 73.1 Å². The summed E-state index contributed by atoms with van der Waals surface area (Å²) in [5.41, 5.74) is 2.48. The number of hydrogen-bond acceptors (Lipinski definition) is 6. The number of piperazine rings is 1. The third-order valence-electron chi connectivity index (χ3n) is 4.89. The predicted molar refractivity (Wildman–Crippen MR) is 109 cm³/mol. The van der Waals surface area contributed by atoms with Crippen LogP contribution in [0.15, 0.2) is 33.3 Å². The Morgan fingerprint density at radius 2 is 1.96 bits per heavy atom. The molecule has 7 heteroatoms. The van der Waals surface area contributed by atoms with Crippen LogP contribution in [0.3, 0.4) is 0 Å². The Hall–Kier alpha value is -1.70. The Kier molecular flexibility index (Phi) is 5.11. The molecule has 1 aliphatic heterocycles. The summed E-state index contributed by atoms with van der Waals surface area (Å²) in [6.45, 7) is 6.36. The Morgan fingerprint density at radius 3 is 2.73 bits per heavy atom. The molecule has 138 valence electrons. The number of fused-ring (bicyclic) bond motifs is 3. The fraction of sp³-hybridized carbons (Fsp3) is 0.474. The van der Waals surface area contributed by atoms with Crippen molar-refractivity contribution in [3.05, 3.63) is 28.9 Å². The summed E-state index contributed by atoms with van der Waals surface area (Å²) in [4.78, 5) is 16.4. The van der Waals surface area contributed by atoms with Gasteiger partial charge < -0.3 is 14.2 Å². The van der Waals surface area contributed by atoms with Gasteiger partial charge in [0.05, 0.1) is 6.20 Å². The second-order valence-electron chi connectivity index (χ2n) is 7.11. The SMILES string of the molecule is CN(C)CCCN1CCN(c2ncc3oc4ccc(Br)cc4c3n2)CC1. The summed E-state index contributed by atoms with van der Waals surface area (Å²) in [6.07, 6.45) is 3.01. The van der Waals surface area contributed by atoms with Gasteiger partial charge in [-0.25, -0.2) is 9.97 Å². The Balaban J connectivity index is 1.47. The molecule has 1 aromatic carbocycles. The molecule has 2 aromatic heterocycles. The minimum absolute atomic E-state index is 0.740. The molecule has 3 heterocycles. The second-order valence-corrected chi connectivity index (χ2v) is 8.03. The molecule has 0 amide bonds. The Bertz CT molecular complexity index is 901. The van der Waals surface area contributed by atoms with Crippen molar-refractivity contribution in [3.8, 4) is 0 Å². The molecule has 4 rings (SSSR count). The molecule has 6 nitrogen and oxygen atoms in total. The van der Waals surface area contributed by atoms with Crippen LogP contribution in [0.1, 0.15) is 6.42 Å². The molecule has 0 aliphatic carbocycles. The first-order chi connectivity index (χ1) is 12.6. The molecule has 0 atom stereocenters. The van der Waals surface area contributed by atoms with E-state index in [9.17, 15) is 0 Å². The zero-order chi connectivity index (χ0) is 18.1. The molecular weight excluding hydrogens is 394 g/mol. The van der Waals surface area contributed by atoms with Gasteiger partial charge in [-0.15, -0.1) is 0 Å². The van der Waals surface area contributed by atoms with E-state index in [0.717, 1.165) is 71.8 Å². The molecule has 26 heavy (non-hydrogen) atoms. The lowest BCUT2D eigenvalue weighted by Gasteiger charge is -2.34. The van der Waals surface area contributed by atoms with Crippen molar-refractivity contribution >= 4 is 43.9 Å². The van der Waals surface area contributed by atoms with Gasteiger partial charge in [-0.2, -0.15) is 0 Å². The molecule has 0 radical (unpaired) electrons. The first-order valence-corrected chi connectivity index (χ1v) is 9.86. The van der Waals surface area contributed by atoms with Gasteiger partial charge in [0.15, 0.2) is 5.58 Å². The van der Waals surface area contributed by atoms with Crippen molar-refractivity contribution in [2.45, 2.75) is 6.42 Å². The topological polar surface area (TPSA) is 48.6 Å². The van der Waals surface area contributed by atoms with Gasteiger partial charge >= 0.3 is 0 Å². The van der Waals surface area contributed by atoms with Crippen LogP contribution in [0.5, 0.6) is 0 Å². The van der Waals surface area contributed by atoms with Crippen molar-refractivity contribution in [1.82, 2.24) is 19.8 Å². The molecule has 0 N–H and O–H groups in total. The smallest absolute Gasteiger partial charge is 0.226 e. The highest BCUT2D eigenvalue weighted by molar-refractivity contribution is 9.10. The monoisotopic (exact) mass is 417 g/mol. The number of benzene rings is 1. The maximum absolute atomic E-state index is 5.85. The average molecular weight is 418 g/mol. The van der Waals surface area contributed by atoms with Crippen molar-refractivity contribution in [1.29, 1.82) is 0 Å². The molecule has 0 spiro atoms. The number of aromatic nitrogens is 2. The molecule has 3 aromatic rings. The van der Waals surface area contributed by atoms with Crippen LogP contribution in [0, 0.1) is 0 Å². The van der Waals surface area contributed by atoms with Gasteiger partial charge in [-0.3, -0.25) is 4.90 Å². The fourth-order valence-electron chi connectivity index (χ4n) is 3.46. The standard InChI is InChI=1S/C19H24BrN5O/c1-23(2)6-3-7-24-8-10-25(11-9-24)19-21-13-17-18(22-19)15-12-14(20)4-5-16(15)26-17/h4-5,12-13H,3,6-11H2,1-2H3. The van der Waals surface area contributed by atoms with E-state index in [1.807, 2.05) is 12.1 Å². The van der Waals surface area contributed by atoms with Crippen LogP contribution in [-0.2, 0) is 0 Å². The van der Waals surface area contributed by atoms with Crippen LogP contribution in [0.2, 0.25) is 0 Å². The van der Waals surface area contributed by atoms with E-state index in [4.69, 9.17) is 9.40 Å². The van der Waals surface area contributed by atoms with Crippen LogP contribution in [0.4, 0.5) is 5.95 Å². The first kappa shape index (κ1) is 17.7. The van der Waals surface area contributed by atoms with Gasteiger partial charge in [0.1, 0.15) is 11.1 Å². The third kappa shape index (κ3) is 3.70. The highest BCUT2D eigenvalue weighted by Crippen LogP contribution is 2.30. The molecule has 0 unspecified atom stereocenters. The van der Waals surface area contributed by atoms with Gasteiger partial charge in [0.2, 0.25) is 5.95 Å². The lowest BCUT2D eigenvalue weighted by atomic mass is 10.2. The van der Waals surface area contributed by atoms with Crippen molar-refractivity contribution in [3.63, 3.8) is 0 Å². The summed E-state index contributed by atoms with van der Waals surface area (Å²) in [7, 11) is 4.26. The number of hydrogen-bond donors (Lipinski definition) is 0. The van der Waals surface area contributed by atoms with E-state index in [0.29, 0.717) is 0 Å². The molecule has 0 bridgehead atoms. The van der Waals surface area contributed by atoms with E-state index in [2.05, 4.69) is 55.8 Å². The second kappa shape index (κ2) is 7.50. The van der Waals surface area contributed by atoms with Gasteiger partial charge in [0.25, 0.3) is 0 Å². The Morgan fingerprint density at radius 1 is 1.15 bits per heavy atom. The van der Waals surface area contributed by atoms with Crippen molar-refractivity contribution in [2.75, 3.05) is 58.3 Å². The summed E-state index contributed by atoms with van der Waals surface area (Å²) in [6, 6.07) is 6.00. The third-order valence-corrected chi connectivity index (χ3v) is 5.39. The van der Waals surface area contributed by atoms with E-state index in [1.54, 1.807) is 6.20 Å². The lowest BCUT2D eigenvalue weighted by molar-refractivity contribution is 0.241. The maximum atomic E-state index is 5.85. The van der Waals surface area contributed by atoms with Crippen molar-refractivity contribution in [2.24, 2.45) is 0 Å². The van der Waals surface area contributed by atoms with Gasteiger partial charge in [-0.05, 0) is 51.8 Å². The summed E-state index contributed by atoms with van der Waals surface area (Å²) in [5, 5.41) is 1.03. The average Bonchev–Trinajstić information content (AvgIpc) is 2.99. The highest BCUT2D eigenvalue weighted by Gasteiger charge is 2.20. The first-order valence-electron chi connectivity index (χ1n) is 9.07. The number of rotatable bonds is 5. The summed E-state index contributed by atoms with van der Waals surface area (Å²) >= 11 is 3.53. The maximum Gasteiger partial charge on any atom is 0.226 e. The molecule has 1 fully saturated rings. The van der Waals surface area contributed by atoms with Gasteiger partial charge in [0, 0.05) is 36.0 Å². The molecular formula is C19H24BrN5O. The lowest BCUT2D eigenvalue weighted by Crippen LogP contribution is -2.47. The predicted octanol–water partition coefficient (Wildman–Crippen LogP) is 3.21. The summed E-state index contributed by atoms with van der Waals surface area (Å²) in [5.74, 6) is 0.799. The number of nitrogens with zero attached hydrogens (tertiary/aromatic N) is 5. The minimum atomic E-state index is 0.740. The van der Waals surface area contributed by atoms with Crippen LogP contribution < -0.4 is 4.90 Å². The van der Waals surface area contributed by atoms with Crippen molar-refractivity contribution < 1.29 is 4.42 Å². The highest BCUT2D eigenvalue weighted by atomic mass is 79.9. The van der Waals surface area contributed by atoms with Crippen LogP contribution in [0.25, 0.3) is 22.1 Å². The number of halogens is 1. The zero-order valence-electron chi connectivity index (χ0n) is 15.3. The van der Waals surface area contributed by atoms with Gasteiger partial charge in [-0.1, -0.05) is 15.9 Å². The molecule has 1 aliphatic rings. The minimum Gasteiger partial charge on any atom is -0.453 e. The van der Waals surface area contributed by atoms with E-state index in [1.165, 1.54) is 6.42 Å². The molecule has 1 saturated heterocycles. The van der Waals surface area contributed by atoms with E-state index in [-0.39, 0.29) is 0 Å². The quantitative estimate of drug-likeness (QED) is 0.634. The van der Waals surface area contributed by atoms with E-state index < -0.39 is 0 Å². The fourth-order valence-corrected chi connectivity index (χ4v) is 3.82. The zero-order valence-corrected chi connectivity index (χ0v) is 16.9. The van der Waals surface area contributed by atoms with E-state index >= 15 is 0 Å². The molecule has 0 saturated carbocycles. The number of anilines is 1.